The van der Waals surface area contributed by atoms with Crippen LogP contribution in [-0.4, -0.2) is 9.97 Å². The van der Waals surface area contributed by atoms with Crippen molar-refractivity contribution in [3.05, 3.63) is 12.0 Å². The van der Waals surface area contributed by atoms with Crippen molar-refractivity contribution in [3.8, 4) is 0 Å². The summed E-state index contributed by atoms with van der Waals surface area (Å²) in [5.74, 6) is 0.553. The first-order valence-corrected chi connectivity index (χ1v) is 4.37. The number of anilines is 2. The van der Waals surface area contributed by atoms with Crippen molar-refractivity contribution in [1.82, 2.24) is 9.97 Å². The maximum absolute atomic E-state index is 5.87. The first-order chi connectivity index (χ1) is 7.15. The SMILES string of the molecule is Cc1nc2cc3oc(N)nc3c(N)c2o1.[HH].[HH].[HH].[HH]. The van der Waals surface area contributed by atoms with E-state index in [0.717, 1.165) is 0 Å². The van der Waals surface area contributed by atoms with Gasteiger partial charge in [0.1, 0.15) is 16.7 Å². The van der Waals surface area contributed by atoms with E-state index in [1.807, 2.05) is 0 Å². The van der Waals surface area contributed by atoms with Crippen LogP contribution in [0.15, 0.2) is 14.9 Å². The molecule has 3 rings (SSSR count). The van der Waals surface area contributed by atoms with E-state index < -0.39 is 0 Å². The number of nitrogens with zero attached hydrogens (tertiary/aromatic N) is 2. The second-order valence-corrected chi connectivity index (χ2v) is 3.27. The molecule has 0 saturated carbocycles. The van der Waals surface area contributed by atoms with Crippen molar-refractivity contribution in [2.45, 2.75) is 6.92 Å². The highest BCUT2D eigenvalue weighted by atomic mass is 16.4. The first-order valence-electron chi connectivity index (χ1n) is 4.37. The van der Waals surface area contributed by atoms with Crippen molar-refractivity contribution in [2.24, 2.45) is 0 Å². The summed E-state index contributed by atoms with van der Waals surface area (Å²) in [4.78, 5) is 8.13. The van der Waals surface area contributed by atoms with Gasteiger partial charge in [-0.1, -0.05) is 0 Å². The molecule has 0 aliphatic carbocycles. The average molecular weight is 212 g/mol. The van der Waals surface area contributed by atoms with Crippen molar-refractivity contribution in [1.29, 1.82) is 0 Å². The Hall–Kier alpha value is -2.24. The molecule has 0 amide bonds. The van der Waals surface area contributed by atoms with E-state index in [1.165, 1.54) is 0 Å². The highest BCUT2D eigenvalue weighted by molar-refractivity contribution is 6.03. The van der Waals surface area contributed by atoms with Gasteiger partial charge in [-0.05, 0) is 0 Å². The quantitative estimate of drug-likeness (QED) is 0.554. The molecule has 3 aromatic rings. The van der Waals surface area contributed by atoms with E-state index in [-0.39, 0.29) is 11.7 Å². The van der Waals surface area contributed by atoms with E-state index in [2.05, 4.69) is 9.97 Å². The Morgan fingerprint density at radius 2 is 2.07 bits per heavy atom. The van der Waals surface area contributed by atoms with Crippen LogP contribution in [0.25, 0.3) is 22.2 Å². The second-order valence-electron chi connectivity index (χ2n) is 3.27. The number of aryl methyl sites for hydroxylation is 1. The van der Waals surface area contributed by atoms with Gasteiger partial charge in [0.2, 0.25) is 0 Å². The van der Waals surface area contributed by atoms with Crippen molar-refractivity contribution in [3.63, 3.8) is 0 Å². The Morgan fingerprint density at radius 1 is 1.27 bits per heavy atom. The molecule has 2 heterocycles. The number of hydrogen-bond acceptors (Lipinski definition) is 6. The van der Waals surface area contributed by atoms with Crippen LogP contribution in [0.5, 0.6) is 0 Å². The molecule has 0 bridgehead atoms. The highest BCUT2D eigenvalue weighted by Crippen LogP contribution is 2.31. The van der Waals surface area contributed by atoms with Gasteiger partial charge in [-0.25, -0.2) is 4.98 Å². The van der Waals surface area contributed by atoms with Crippen LogP contribution in [0.2, 0.25) is 0 Å². The number of benzene rings is 1. The van der Waals surface area contributed by atoms with E-state index >= 15 is 0 Å². The van der Waals surface area contributed by atoms with Gasteiger partial charge in [-0.15, -0.1) is 0 Å². The number of fused-ring (bicyclic) bond motifs is 2. The minimum absolute atomic E-state index is 0. The van der Waals surface area contributed by atoms with Gasteiger partial charge in [0, 0.05) is 18.7 Å². The summed E-state index contributed by atoms with van der Waals surface area (Å²) in [5.41, 5.74) is 13.9. The summed E-state index contributed by atoms with van der Waals surface area (Å²) in [6, 6.07) is 1.79. The molecule has 84 valence electrons. The summed E-state index contributed by atoms with van der Waals surface area (Å²) in [5, 5.41) is 0. The second kappa shape index (κ2) is 2.41. The molecule has 1 aromatic carbocycles. The molecule has 0 radical (unpaired) electrons. The number of hydrogen-bond donors (Lipinski definition) is 2. The molecule has 0 saturated heterocycles. The van der Waals surface area contributed by atoms with Gasteiger partial charge in [-0.3, -0.25) is 0 Å². The number of nitrogen functional groups attached to an aromatic ring is 2. The van der Waals surface area contributed by atoms with E-state index in [0.29, 0.717) is 33.8 Å². The zero-order chi connectivity index (χ0) is 10.6. The van der Waals surface area contributed by atoms with Crippen molar-refractivity contribution in [2.75, 3.05) is 11.5 Å². The summed E-state index contributed by atoms with van der Waals surface area (Å²) >= 11 is 0. The minimum Gasteiger partial charge on any atom is -0.439 e. The average Bonchev–Trinajstić information content (AvgIpc) is 2.69. The summed E-state index contributed by atoms with van der Waals surface area (Å²) in [6.45, 7) is 1.75. The molecular weight excluding hydrogens is 196 g/mol. The lowest BCUT2D eigenvalue weighted by molar-refractivity contribution is 0.562. The molecule has 15 heavy (non-hydrogen) atoms. The molecule has 0 atom stereocenters. The molecule has 2 aromatic heterocycles. The lowest BCUT2D eigenvalue weighted by Gasteiger charge is -1.93. The highest BCUT2D eigenvalue weighted by Gasteiger charge is 2.14. The van der Waals surface area contributed by atoms with Crippen LogP contribution in [0.3, 0.4) is 0 Å². The normalized spacial score (nSPS) is 11.5. The predicted molar refractivity (Wildman–Crippen MR) is 63.6 cm³/mol. The fourth-order valence-corrected chi connectivity index (χ4v) is 1.61. The Labute approximate surface area is 89.8 Å². The third kappa shape index (κ3) is 0.983. The van der Waals surface area contributed by atoms with Gasteiger partial charge >= 0.3 is 0 Å². The number of oxazole rings is 2. The van der Waals surface area contributed by atoms with Gasteiger partial charge in [0.25, 0.3) is 6.01 Å². The topological polar surface area (TPSA) is 104 Å². The standard InChI is InChI=1S/C9H8N4O2.4H2/c1-3-12-4-2-5-7(13-9(11)15-5)6(10)8(4)14-3;;;;/h2H,10H2,1H3,(H2,11,13);4*1H. The lowest BCUT2D eigenvalue weighted by atomic mass is 10.2. The Balaban J connectivity index is 0. The van der Waals surface area contributed by atoms with Crippen molar-refractivity contribution < 1.29 is 14.5 Å². The zero-order valence-electron chi connectivity index (χ0n) is 7.94. The summed E-state index contributed by atoms with van der Waals surface area (Å²) in [7, 11) is 0. The monoisotopic (exact) mass is 212 g/mol. The number of rotatable bonds is 0. The van der Waals surface area contributed by atoms with Crippen LogP contribution < -0.4 is 11.5 Å². The first kappa shape index (κ1) is 8.10. The molecule has 0 spiro atoms. The molecule has 0 unspecified atom stereocenters. The van der Waals surface area contributed by atoms with Gasteiger partial charge in [-0.2, -0.15) is 4.98 Å². The molecular formula is C9H16N4O2. The fraction of sp³-hybridized carbons (Fsp3) is 0.111. The third-order valence-electron chi connectivity index (χ3n) is 2.20. The molecule has 0 aliphatic heterocycles. The van der Waals surface area contributed by atoms with Gasteiger partial charge in [0.15, 0.2) is 17.1 Å². The third-order valence-corrected chi connectivity index (χ3v) is 2.20. The smallest absolute Gasteiger partial charge is 0.293 e. The van der Waals surface area contributed by atoms with Crippen molar-refractivity contribution >= 4 is 33.9 Å². The van der Waals surface area contributed by atoms with Crippen LogP contribution in [-0.2, 0) is 0 Å². The fourth-order valence-electron chi connectivity index (χ4n) is 1.61. The maximum atomic E-state index is 5.87. The molecule has 6 heteroatoms. The summed E-state index contributed by atoms with van der Waals surface area (Å²) in [6.07, 6.45) is 0. The molecule has 0 fully saturated rings. The number of nitrogens with two attached hydrogens (primary N) is 2. The van der Waals surface area contributed by atoms with Gasteiger partial charge in [0.05, 0.1) is 0 Å². The lowest BCUT2D eigenvalue weighted by Crippen LogP contribution is -1.88. The largest absolute Gasteiger partial charge is 0.439 e. The van der Waals surface area contributed by atoms with Gasteiger partial charge < -0.3 is 20.3 Å². The predicted octanol–water partition coefficient (Wildman–Crippen LogP) is 2.43. The zero-order valence-corrected chi connectivity index (χ0v) is 7.94. The Bertz CT molecular complexity index is 627. The molecule has 0 aliphatic rings. The molecule has 4 N–H and O–H groups in total. The molecule has 6 nitrogen and oxygen atoms in total. The maximum Gasteiger partial charge on any atom is 0.293 e. The van der Waals surface area contributed by atoms with Crippen LogP contribution >= 0.6 is 0 Å². The minimum atomic E-state index is 0. The Kier molecular flexibility index (Phi) is 1.30. The van der Waals surface area contributed by atoms with E-state index in [1.54, 1.807) is 13.0 Å². The van der Waals surface area contributed by atoms with Crippen LogP contribution in [0.1, 0.15) is 11.6 Å². The van der Waals surface area contributed by atoms with E-state index in [4.69, 9.17) is 20.3 Å². The summed E-state index contributed by atoms with van der Waals surface area (Å²) < 4.78 is 10.5. The Morgan fingerprint density at radius 3 is 2.87 bits per heavy atom. The van der Waals surface area contributed by atoms with Crippen LogP contribution in [0.4, 0.5) is 11.7 Å². The van der Waals surface area contributed by atoms with E-state index in [9.17, 15) is 0 Å². The van der Waals surface area contributed by atoms with Crippen LogP contribution in [0, 0.1) is 6.92 Å². The number of aromatic nitrogens is 2.